The summed E-state index contributed by atoms with van der Waals surface area (Å²) >= 11 is 3.00. The molecule has 0 aromatic heterocycles. The normalized spacial score (nSPS) is 11.0. The third kappa shape index (κ3) is 5.38. The minimum atomic E-state index is -0.443. The van der Waals surface area contributed by atoms with E-state index in [0.717, 1.165) is 0 Å². The van der Waals surface area contributed by atoms with Crippen LogP contribution in [-0.4, -0.2) is 23.9 Å². The first-order chi connectivity index (χ1) is 8.69. The highest BCUT2D eigenvalue weighted by atomic mass is 79.9. The van der Waals surface area contributed by atoms with Crippen molar-refractivity contribution >= 4 is 27.7 Å². The van der Waals surface area contributed by atoms with Gasteiger partial charge in [-0.1, -0.05) is 0 Å². The van der Waals surface area contributed by atoms with Crippen molar-refractivity contribution in [2.24, 2.45) is 0 Å². The van der Waals surface area contributed by atoms with Crippen molar-refractivity contribution < 1.29 is 14.0 Å². The molecule has 0 unspecified atom stereocenters. The quantitative estimate of drug-likeness (QED) is 0.892. The van der Waals surface area contributed by atoms with Gasteiger partial charge in [-0.15, -0.1) is 0 Å². The summed E-state index contributed by atoms with van der Waals surface area (Å²) in [5, 5.41) is 5.20. The molecule has 4 nitrogen and oxygen atoms in total. The molecule has 6 heteroatoms. The van der Waals surface area contributed by atoms with E-state index in [1.54, 1.807) is 0 Å². The molecule has 0 radical (unpaired) electrons. The van der Waals surface area contributed by atoms with Gasteiger partial charge in [-0.3, -0.25) is 9.59 Å². The second-order valence-corrected chi connectivity index (χ2v) is 5.96. The molecule has 0 heterocycles. The van der Waals surface area contributed by atoms with Crippen LogP contribution in [0, 0.1) is 5.82 Å². The van der Waals surface area contributed by atoms with E-state index >= 15 is 0 Å². The maximum Gasteiger partial charge on any atom is 0.251 e. The van der Waals surface area contributed by atoms with Crippen molar-refractivity contribution in [3.05, 3.63) is 34.1 Å². The molecular weight excluding hydrogens is 315 g/mol. The summed E-state index contributed by atoms with van der Waals surface area (Å²) in [6, 6.07) is 3.91. The van der Waals surface area contributed by atoms with Gasteiger partial charge in [0, 0.05) is 11.1 Å². The molecule has 0 bridgehead atoms. The summed E-state index contributed by atoms with van der Waals surface area (Å²) in [6.45, 7) is 5.43. The number of benzene rings is 1. The lowest BCUT2D eigenvalue weighted by atomic mass is 10.1. The molecule has 0 spiro atoms. The summed E-state index contributed by atoms with van der Waals surface area (Å²) in [5.41, 5.74) is -0.0578. The Morgan fingerprint density at radius 2 is 1.95 bits per heavy atom. The SMILES string of the molecule is CC(C)(C)NC(=O)CNC(=O)c1ccc(F)c(Br)c1. The topological polar surface area (TPSA) is 58.2 Å². The lowest BCUT2D eigenvalue weighted by Gasteiger charge is -2.20. The highest BCUT2D eigenvalue weighted by molar-refractivity contribution is 9.10. The molecule has 0 aliphatic rings. The first-order valence-corrected chi connectivity index (χ1v) is 6.52. The number of nitrogens with one attached hydrogen (secondary N) is 2. The monoisotopic (exact) mass is 330 g/mol. The minimum absolute atomic E-state index is 0.120. The van der Waals surface area contributed by atoms with Gasteiger partial charge >= 0.3 is 0 Å². The first kappa shape index (κ1) is 15.6. The van der Waals surface area contributed by atoms with E-state index in [9.17, 15) is 14.0 Å². The molecule has 0 saturated carbocycles. The molecule has 0 atom stereocenters. The fourth-order valence-corrected chi connectivity index (χ4v) is 1.74. The number of hydrogen-bond donors (Lipinski definition) is 2. The Kier molecular flexibility index (Phi) is 5.05. The number of carbonyl (C=O) groups is 2. The van der Waals surface area contributed by atoms with Crippen molar-refractivity contribution in [1.82, 2.24) is 10.6 Å². The largest absolute Gasteiger partial charge is 0.350 e. The molecule has 0 aliphatic heterocycles. The van der Waals surface area contributed by atoms with Crippen LogP contribution in [0.1, 0.15) is 31.1 Å². The molecule has 2 N–H and O–H groups in total. The third-order valence-corrected chi connectivity index (χ3v) is 2.71. The molecule has 104 valence electrons. The molecule has 0 aliphatic carbocycles. The van der Waals surface area contributed by atoms with Gasteiger partial charge in [0.15, 0.2) is 0 Å². The number of amides is 2. The van der Waals surface area contributed by atoms with E-state index in [4.69, 9.17) is 0 Å². The van der Waals surface area contributed by atoms with E-state index in [-0.39, 0.29) is 28.0 Å². The average Bonchev–Trinajstić information content (AvgIpc) is 2.27. The second kappa shape index (κ2) is 6.14. The van der Waals surface area contributed by atoms with Crippen LogP contribution >= 0.6 is 15.9 Å². The Labute approximate surface area is 119 Å². The fourth-order valence-electron chi connectivity index (χ4n) is 1.36. The predicted octanol–water partition coefficient (Wildman–Crippen LogP) is 2.23. The van der Waals surface area contributed by atoms with Crippen molar-refractivity contribution in [2.75, 3.05) is 6.54 Å². The van der Waals surface area contributed by atoms with Gasteiger partial charge in [0.05, 0.1) is 11.0 Å². The lowest BCUT2D eigenvalue weighted by molar-refractivity contribution is -0.121. The maximum absolute atomic E-state index is 13.0. The van der Waals surface area contributed by atoms with Gasteiger partial charge in [0.1, 0.15) is 5.82 Å². The highest BCUT2D eigenvalue weighted by Crippen LogP contribution is 2.16. The zero-order valence-electron chi connectivity index (χ0n) is 11.0. The Hall–Kier alpha value is -1.43. The first-order valence-electron chi connectivity index (χ1n) is 5.73. The minimum Gasteiger partial charge on any atom is -0.350 e. The summed E-state index contributed by atoms with van der Waals surface area (Å²) in [5.74, 6) is -1.14. The van der Waals surface area contributed by atoms with E-state index in [0.29, 0.717) is 0 Å². The van der Waals surface area contributed by atoms with E-state index in [1.807, 2.05) is 20.8 Å². The number of rotatable bonds is 3. The molecule has 1 aromatic rings. The smallest absolute Gasteiger partial charge is 0.251 e. The Bertz CT molecular complexity index is 498. The Morgan fingerprint density at radius 1 is 1.32 bits per heavy atom. The van der Waals surface area contributed by atoms with E-state index < -0.39 is 11.7 Å². The van der Waals surface area contributed by atoms with Crippen LogP contribution in [0.4, 0.5) is 4.39 Å². The van der Waals surface area contributed by atoms with Gasteiger partial charge in [0.25, 0.3) is 5.91 Å². The molecule has 2 amide bonds. The zero-order chi connectivity index (χ0) is 14.6. The van der Waals surface area contributed by atoms with Crippen LogP contribution in [0.5, 0.6) is 0 Å². The van der Waals surface area contributed by atoms with Crippen molar-refractivity contribution in [1.29, 1.82) is 0 Å². The summed E-state index contributed by atoms with van der Waals surface area (Å²) in [7, 11) is 0. The predicted molar refractivity (Wildman–Crippen MR) is 74.3 cm³/mol. The van der Waals surface area contributed by atoms with Crippen LogP contribution in [0.25, 0.3) is 0 Å². The van der Waals surface area contributed by atoms with Crippen molar-refractivity contribution in [2.45, 2.75) is 26.3 Å². The highest BCUT2D eigenvalue weighted by Gasteiger charge is 2.15. The van der Waals surface area contributed by atoms with Crippen LogP contribution in [0.3, 0.4) is 0 Å². The van der Waals surface area contributed by atoms with Crippen LogP contribution in [0.15, 0.2) is 22.7 Å². The second-order valence-electron chi connectivity index (χ2n) is 5.11. The van der Waals surface area contributed by atoms with Crippen LogP contribution < -0.4 is 10.6 Å². The molecule has 19 heavy (non-hydrogen) atoms. The standard InChI is InChI=1S/C13H16BrFN2O2/c1-13(2,3)17-11(18)7-16-12(19)8-4-5-10(15)9(14)6-8/h4-6H,7H2,1-3H3,(H,16,19)(H,17,18). The van der Waals surface area contributed by atoms with E-state index in [2.05, 4.69) is 26.6 Å². The molecule has 0 saturated heterocycles. The van der Waals surface area contributed by atoms with Gasteiger partial charge < -0.3 is 10.6 Å². The number of halogens is 2. The van der Waals surface area contributed by atoms with Crippen LogP contribution in [-0.2, 0) is 4.79 Å². The van der Waals surface area contributed by atoms with Crippen molar-refractivity contribution in [3.8, 4) is 0 Å². The van der Waals surface area contributed by atoms with Gasteiger partial charge in [0.2, 0.25) is 5.91 Å². The summed E-state index contributed by atoms with van der Waals surface area (Å²) in [6.07, 6.45) is 0. The molecule has 1 aromatic carbocycles. The van der Waals surface area contributed by atoms with Gasteiger partial charge in [-0.25, -0.2) is 4.39 Å². The Balaban J connectivity index is 2.56. The summed E-state index contributed by atoms with van der Waals surface area (Å²) < 4.78 is 13.2. The zero-order valence-corrected chi connectivity index (χ0v) is 12.6. The van der Waals surface area contributed by atoms with E-state index in [1.165, 1.54) is 18.2 Å². The summed E-state index contributed by atoms with van der Waals surface area (Å²) in [4.78, 5) is 23.3. The number of hydrogen-bond acceptors (Lipinski definition) is 2. The van der Waals surface area contributed by atoms with Gasteiger partial charge in [-0.2, -0.15) is 0 Å². The van der Waals surface area contributed by atoms with Crippen LogP contribution in [0.2, 0.25) is 0 Å². The lowest BCUT2D eigenvalue weighted by Crippen LogP contribution is -2.45. The maximum atomic E-state index is 13.0. The fraction of sp³-hybridized carbons (Fsp3) is 0.385. The average molecular weight is 331 g/mol. The van der Waals surface area contributed by atoms with Crippen molar-refractivity contribution in [3.63, 3.8) is 0 Å². The molecular formula is C13H16BrFN2O2. The Morgan fingerprint density at radius 3 is 2.47 bits per heavy atom. The molecule has 0 fully saturated rings. The van der Waals surface area contributed by atoms with Gasteiger partial charge in [-0.05, 0) is 54.9 Å². The number of carbonyl (C=O) groups excluding carboxylic acids is 2. The third-order valence-electron chi connectivity index (χ3n) is 2.11. The molecule has 1 rings (SSSR count).